The molecule has 2 heterocycles. The highest BCUT2D eigenvalue weighted by Crippen LogP contribution is 2.54. The zero-order chi connectivity index (χ0) is 28.0. The van der Waals surface area contributed by atoms with E-state index in [4.69, 9.17) is 18.9 Å². The number of aromatic hydroxyl groups is 4. The second-order valence-corrected chi connectivity index (χ2v) is 10.2. The van der Waals surface area contributed by atoms with Crippen molar-refractivity contribution in [3.63, 3.8) is 0 Å². The highest BCUT2D eigenvalue weighted by molar-refractivity contribution is 5.60. The number of ether oxygens (including phenoxy) is 4. The molecule has 0 saturated heterocycles. The van der Waals surface area contributed by atoms with E-state index in [1.54, 1.807) is 62.8 Å². The molecule has 0 bridgehead atoms. The Labute approximate surface area is 231 Å². The van der Waals surface area contributed by atoms with Crippen LogP contribution in [-0.4, -0.2) is 47.9 Å². The highest BCUT2D eigenvalue weighted by Gasteiger charge is 2.40. The predicted molar refractivity (Wildman–Crippen MR) is 148 cm³/mol. The van der Waals surface area contributed by atoms with Gasteiger partial charge < -0.3 is 39.4 Å². The first-order valence-electron chi connectivity index (χ1n) is 13.0. The quantitative estimate of drug-likeness (QED) is 0.259. The average molecular weight is 543 g/mol. The van der Waals surface area contributed by atoms with Crippen LogP contribution in [0.15, 0.2) is 66.7 Å². The summed E-state index contributed by atoms with van der Waals surface area (Å²) in [5.74, 6) is 1.73. The van der Waals surface area contributed by atoms with Gasteiger partial charge in [-0.15, -0.1) is 0 Å². The first-order chi connectivity index (χ1) is 19.4. The Bertz CT molecular complexity index is 1580. The molecule has 2 aliphatic rings. The van der Waals surface area contributed by atoms with Crippen molar-refractivity contribution in [2.75, 3.05) is 27.4 Å². The van der Waals surface area contributed by atoms with Gasteiger partial charge in [-0.1, -0.05) is 18.2 Å². The van der Waals surface area contributed by atoms with Crippen molar-refractivity contribution < 1.29 is 39.4 Å². The Kier molecular flexibility index (Phi) is 6.46. The van der Waals surface area contributed by atoms with Crippen molar-refractivity contribution in [1.82, 2.24) is 0 Å². The largest absolute Gasteiger partial charge is 0.508 e. The highest BCUT2D eigenvalue weighted by atomic mass is 16.5. The minimum Gasteiger partial charge on any atom is -0.508 e. The molecule has 0 aromatic heterocycles. The molecule has 40 heavy (non-hydrogen) atoms. The zero-order valence-corrected chi connectivity index (χ0v) is 22.1. The van der Waals surface area contributed by atoms with Gasteiger partial charge in [0.05, 0.1) is 27.4 Å². The maximum absolute atomic E-state index is 11.1. The summed E-state index contributed by atoms with van der Waals surface area (Å²) in [5.41, 5.74) is 4.12. The first-order valence-corrected chi connectivity index (χ1v) is 13.0. The predicted octanol–water partition coefficient (Wildman–Crippen LogP) is 5.55. The summed E-state index contributed by atoms with van der Waals surface area (Å²) in [6.45, 7) is 0.563. The molecule has 0 fully saturated rings. The minimum absolute atomic E-state index is 0.0638. The van der Waals surface area contributed by atoms with E-state index < -0.39 is 0 Å². The fraction of sp³-hybridized carbons (Fsp3) is 0.250. The third-order valence-electron chi connectivity index (χ3n) is 7.88. The number of hydrogen-bond donors (Lipinski definition) is 4. The summed E-state index contributed by atoms with van der Waals surface area (Å²) in [4.78, 5) is 0. The van der Waals surface area contributed by atoms with E-state index in [0.717, 1.165) is 22.3 Å². The van der Waals surface area contributed by atoms with Crippen molar-refractivity contribution in [2.24, 2.45) is 0 Å². The SMILES string of the molecule is COc1ccc(C2COc3cc(O)ccc3C2c2c(OC)cc(O)cc2C2COc3cc(O)ccc3C2)c(O)c1. The molecular weight excluding hydrogens is 512 g/mol. The van der Waals surface area contributed by atoms with Gasteiger partial charge in [-0.2, -0.15) is 0 Å². The van der Waals surface area contributed by atoms with E-state index in [2.05, 4.69) is 0 Å². The van der Waals surface area contributed by atoms with Gasteiger partial charge in [-0.05, 0) is 41.8 Å². The lowest BCUT2D eigenvalue weighted by Crippen LogP contribution is -2.28. The summed E-state index contributed by atoms with van der Waals surface area (Å²) in [5, 5.41) is 41.9. The van der Waals surface area contributed by atoms with Crippen LogP contribution in [0.3, 0.4) is 0 Å². The van der Waals surface area contributed by atoms with E-state index in [9.17, 15) is 20.4 Å². The Morgan fingerprint density at radius 3 is 2.15 bits per heavy atom. The number of hydrogen-bond acceptors (Lipinski definition) is 8. The Balaban J connectivity index is 1.55. The molecule has 206 valence electrons. The summed E-state index contributed by atoms with van der Waals surface area (Å²) in [6, 6.07) is 18.7. The second-order valence-electron chi connectivity index (χ2n) is 10.2. The number of methoxy groups -OCH3 is 2. The van der Waals surface area contributed by atoms with Gasteiger partial charge in [-0.25, -0.2) is 0 Å². The molecule has 0 amide bonds. The van der Waals surface area contributed by atoms with Crippen LogP contribution in [0, 0.1) is 0 Å². The Morgan fingerprint density at radius 2 is 1.40 bits per heavy atom. The first kappa shape index (κ1) is 25.6. The Hall–Kier alpha value is -4.72. The molecule has 4 N–H and O–H groups in total. The fourth-order valence-corrected chi connectivity index (χ4v) is 6.02. The molecule has 0 radical (unpaired) electrons. The van der Waals surface area contributed by atoms with Crippen LogP contribution in [0.2, 0.25) is 0 Å². The lowest BCUT2D eigenvalue weighted by atomic mass is 9.71. The van der Waals surface area contributed by atoms with Crippen molar-refractivity contribution in [1.29, 1.82) is 0 Å². The van der Waals surface area contributed by atoms with Crippen molar-refractivity contribution in [2.45, 2.75) is 24.2 Å². The molecule has 4 aromatic carbocycles. The molecule has 8 nitrogen and oxygen atoms in total. The molecular formula is C32H30O8. The van der Waals surface area contributed by atoms with Gasteiger partial charge in [0.15, 0.2) is 0 Å². The maximum atomic E-state index is 11.1. The molecule has 6 rings (SSSR count). The summed E-state index contributed by atoms with van der Waals surface area (Å²) in [6.07, 6.45) is 0.624. The number of fused-ring (bicyclic) bond motifs is 2. The van der Waals surface area contributed by atoms with Crippen LogP contribution in [0.1, 0.15) is 45.6 Å². The standard InChI is InChI=1S/C32H30O8/c1-37-22-6-8-23(27(36)14-22)26-16-40-29-12-20(34)5-7-24(29)31(26)32-25(10-21(35)13-30(32)38-2)18-9-17-3-4-19(33)11-28(17)39-15-18/h3-8,10-14,18,26,31,33-36H,9,15-16H2,1-2H3. The van der Waals surface area contributed by atoms with Gasteiger partial charge in [0.2, 0.25) is 0 Å². The molecule has 3 atom stereocenters. The minimum atomic E-state index is -0.365. The monoisotopic (exact) mass is 542 g/mol. The van der Waals surface area contributed by atoms with Crippen LogP contribution in [0.5, 0.6) is 46.0 Å². The molecule has 4 aromatic rings. The van der Waals surface area contributed by atoms with Crippen LogP contribution in [0.25, 0.3) is 0 Å². The lowest BCUT2D eigenvalue weighted by molar-refractivity contribution is 0.239. The topological polar surface area (TPSA) is 118 Å². The number of phenols is 4. The normalized spacial score (nSPS) is 19.5. The smallest absolute Gasteiger partial charge is 0.126 e. The van der Waals surface area contributed by atoms with Gasteiger partial charge in [0.1, 0.15) is 46.0 Å². The molecule has 2 aliphatic heterocycles. The summed E-state index contributed by atoms with van der Waals surface area (Å²) >= 11 is 0. The van der Waals surface area contributed by atoms with E-state index in [-0.39, 0.29) is 47.4 Å². The van der Waals surface area contributed by atoms with Crippen LogP contribution in [0.4, 0.5) is 0 Å². The Morgan fingerprint density at radius 1 is 0.675 bits per heavy atom. The third kappa shape index (κ3) is 4.45. The maximum Gasteiger partial charge on any atom is 0.126 e. The summed E-state index contributed by atoms with van der Waals surface area (Å²) < 4.78 is 23.4. The molecule has 8 heteroatoms. The second kappa shape index (κ2) is 10.1. The van der Waals surface area contributed by atoms with Gasteiger partial charge in [-0.3, -0.25) is 0 Å². The van der Waals surface area contributed by atoms with E-state index in [0.29, 0.717) is 41.6 Å². The van der Waals surface area contributed by atoms with Gasteiger partial charge in [0, 0.05) is 58.7 Å². The van der Waals surface area contributed by atoms with Crippen LogP contribution >= 0.6 is 0 Å². The molecule has 0 aliphatic carbocycles. The third-order valence-corrected chi connectivity index (χ3v) is 7.88. The van der Waals surface area contributed by atoms with Crippen molar-refractivity contribution >= 4 is 0 Å². The van der Waals surface area contributed by atoms with Crippen molar-refractivity contribution in [3.05, 3.63) is 94.5 Å². The number of rotatable bonds is 5. The number of benzene rings is 4. The summed E-state index contributed by atoms with van der Waals surface area (Å²) in [7, 11) is 3.11. The van der Waals surface area contributed by atoms with Crippen LogP contribution in [-0.2, 0) is 6.42 Å². The molecule has 3 unspecified atom stereocenters. The lowest BCUT2D eigenvalue weighted by Gasteiger charge is -2.38. The fourth-order valence-electron chi connectivity index (χ4n) is 6.02. The van der Waals surface area contributed by atoms with Crippen LogP contribution < -0.4 is 18.9 Å². The molecule has 0 spiro atoms. The average Bonchev–Trinajstić information content (AvgIpc) is 2.96. The van der Waals surface area contributed by atoms with E-state index in [1.807, 2.05) is 18.2 Å². The number of phenolic OH excluding ortho intramolecular Hbond substituents is 4. The van der Waals surface area contributed by atoms with E-state index in [1.165, 1.54) is 0 Å². The van der Waals surface area contributed by atoms with E-state index >= 15 is 0 Å². The van der Waals surface area contributed by atoms with Crippen molar-refractivity contribution in [3.8, 4) is 46.0 Å². The zero-order valence-electron chi connectivity index (χ0n) is 22.1. The van der Waals surface area contributed by atoms with Gasteiger partial charge >= 0.3 is 0 Å². The molecule has 0 saturated carbocycles. The van der Waals surface area contributed by atoms with Gasteiger partial charge in [0.25, 0.3) is 0 Å².